The Labute approximate surface area is 294 Å². The molecule has 0 aliphatic carbocycles. The fourth-order valence-corrected chi connectivity index (χ4v) is 5.18. The summed E-state index contributed by atoms with van der Waals surface area (Å²) in [6.07, 6.45) is 0.771. The lowest BCUT2D eigenvalue weighted by Crippen LogP contribution is -2.59. The molecule has 0 radical (unpaired) electrons. The maximum absolute atomic E-state index is 13.8. The molecule has 0 rings (SSSR count). The van der Waals surface area contributed by atoms with E-state index in [4.69, 9.17) is 9.47 Å². The van der Waals surface area contributed by atoms with Crippen molar-refractivity contribution in [2.45, 2.75) is 158 Å². The van der Waals surface area contributed by atoms with Crippen LogP contribution in [0.25, 0.3) is 0 Å². The summed E-state index contributed by atoms with van der Waals surface area (Å²) in [6.45, 7) is 24.3. The Bertz CT molecular complexity index is 1080. The Kier molecular flexibility index (Phi) is 20.2. The van der Waals surface area contributed by atoms with Crippen LogP contribution in [0, 0.1) is 29.6 Å². The highest BCUT2D eigenvalue weighted by Crippen LogP contribution is 2.14. The van der Waals surface area contributed by atoms with E-state index in [2.05, 4.69) is 26.6 Å². The number of hydrogen-bond donors (Lipinski definition) is 5. The summed E-state index contributed by atoms with van der Waals surface area (Å²) in [4.78, 5) is 79.4. The number of ether oxygens (including phenoxy) is 2. The Morgan fingerprint density at radius 2 is 0.694 bits per heavy atom. The average molecular weight is 698 g/mol. The second-order valence-electron chi connectivity index (χ2n) is 16.1. The van der Waals surface area contributed by atoms with Crippen LogP contribution < -0.4 is 26.6 Å². The number of nitrogens with one attached hydrogen (secondary N) is 5. The van der Waals surface area contributed by atoms with E-state index in [1.54, 1.807) is 20.8 Å². The Morgan fingerprint density at radius 3 is 0.939 bits per heavy atom. The molecular formula is C36H67N5O8. The van der Waals surface area contributed by atoms with Crippen LogP contribution in [0.15, 0.2) is 0 Å². The summed E-state index contributed by atoms with van der Waals surface area (Å²) in [5.74, 6) is -2.58. The number of carbonyl (C=O) groups is 6. The Hall–Kier alpha value is -3.38. The maximum Gasteiger partial charge on any atom is 0.408 e. The van der Waals surface area contributed by atoms with Gasteiger partial charge in [0.2, 0.25) is 23.6 Å². The van der Waals surface area contributed by atoms with E-state index in [-0.39, 0.29) is 42.4 Å². The first-order chi connectivity index (χ1) is 22.4. The minimum Gasteiger partial charge on any atom is -0.467 e. The first-order valence-corrected chi connectivity index (χ1v) is 17.7. The van der Waals surface area contributed by atoms with Gasteiger partial charge in [-0.3, -0.25) is 19.2 Å². The van der Waals surface area contributed by atoms with Gasteiger partial charge in [-0.05, 0) is 82.5 Å². The molecule has 5 atom stereocenters. The molecule has 0 saturated carbocycles. The van der Waals surface area contributed by atoms with Crippen LogP contribution in [0.3, 0.4) is 0 Å². The fraction of sp³-hybridized carbons (Fsp3) is 0.833. The maximum atomic E-state index is 13.8. The van der Waals surface area contributed by atoms with Gasteiger partial charge in [0.05, 0.1) is 7.11 Å². The molecule has 0 aromatic heterocycles. The molecule has 0 spiro atoms. The van der Waals surface area contributed by atoms with Crippen molar-refractivity contribution in [1.82, 2.24) is 26.6 Å². The average Bonchev–Trinajstić information content (AvgIpc) is 2.92. The molecule has 0 aliphatic heterocycles. The van der Waals surface area contributed by atoms with Gasteiger partial charge in [-0.15, -0.1) is 0 Å². The molecule has 284 valence electrons. The summed E-state index contributed by atoms with van der Waals surface area (Å²) >= 11 is 0. The second kappa shape index (κ2) is 21.7. The summed E-state index contributed by atoms with van der Waals surface area (Å²) < 4.78 is 10.2. The van der Waals surface area contributed by atoms with Crippen molar-refractivity contribution in [2.75, 3.05) is 7.11 Å². The summed E-state index contributed by atoms with van der Waals surface area (Å²) in [7, 11) is 1.26. The number of esters is 1. The standard InChI is InChI=1S/C36H67N5O8/c1-20(2)15-25(30(42)38-27(17-22(5)6)32(44)40-29(19-24(9)10)34(46)48-14)37-31(43)26(16-21(3)4)39-33(45)28(18-23(7)8)41-35(47)49-36(11,12)13/h20-29H,15-19H2,1-14H3,(H,37,43)(H,38,42)(H,39,45)(H,40,44)(H,41,47)/t25-,26-,27-,28+,29-/m0/s1. The van der Waals surface area contributed by atoms with Crippen molar-refractivity contribution in [3.05, 3.63) is 0 Å². The first kappa shape index (κ1) is 45.6. The second-order valence-corrected chi connectivity index (χ2v) is 16.1. The third kappa shape index (κ3) is 20.0. The minimum absolute atomic E-state index is 0.00324. The van der Waals surface area contributed by atoms with Gasteiger partial charge in [0.15, 0.2) is 0 Å². The van der Waals surface area contributed by atoms with Gasteiger partial charge < -0.3 is 36.1 Å². The smallest absolute Gasteiger partial charge is 0.408 e. The van der Waals surface area contributed by atoms with Gasteiger partial charge in [-0.2, -0.15) is 0 Å². The van der Waals surface area contributed by atoms with E-state index >= 15 is 0 Å². The number of amides is 5. The van der Waals surface area contributed by atoms with Gasteiger partial charge in [-0.1, -0.05) is 69.2 Å². The van der Waals surface area contributed by atoms with Gasteiger partial charge in [0.25, 0.3) is 0 Å². The predicted molar refractivity (Wildman–Crippen MR) is 190 cm³/mol. The summed E-state index contributed by atoms with van der Waals surface area (Å²) in [5.41, 5.74) is -0.763. The van der Waals surface area contributed by atoms with E-state index < -0.39 is 71.5 Å². The highest BCUT2D eigenvalue weighted by molar-refractivity contribution is 5.96. The minimum atomic E-state index is -1.01. The van der Waals surface area contributed by atoms with Crippen molar-refractivity contribution in [1.29, 1.82) is 0 Å². The summed E-state index contributed by atoms with van der Waals surface area (Å²) in [5, 5.41) is 13.8. The van der Waals surface area contributed by atoms with E-state index in [9.17, 15) is 28.8 Å². The van der Waals surface area contributed by atoms with Crippen LogP contribution in [0.1, 0.15) is 122 Å². The zero-order valence-electron chi connectivity index (χ0n) is 32.6. The van der Waals surface area contributed by atoms with E-state index in [0.717, 1.165) is 0 Å². The number of carbonyl (C=O) groups excluding carboxylic acids is 6. The predicted octanol–water partition coefficient (Wildman–Crippen LogP) is 4.22. The van der Waals surface area contributed by atoms with Crippen molar-refractivity contribution in [3.63, 3.8) is 0 Å². The molecule has 0 saturated heterocycles. The molecule has 5 amide bonds. The lowest BCUT2D eigenvalue weighted by atomic mass is 9.97. The first-order valence-electron chi connectivity index (χ1n) is 17.7. The highest BCUT2D eigenvalue weighted by atomic mass is 16.6. The molecule has 0 unspecified atom stereocenters. The third-order valence-corrected chi connectivity index (χ3v) is 7.24. The molecule has 49 heavy (non-hydrogen) atoms. The number of hydrogen-bond acceptors (Lipinski definition) is 8. The quantitative estimate of drug-likeness (QED) is 0.117. The van der Waals surface area contributed by atoms with E-state index in [1.165, 1.54) is 7.11 Å². The normalized spacial score (nSPS) is 14.9. The lowest BCUT2D eigenvalue weighted by Gasteiger charge is -2.29. The SMILES string of the molecule is COC(=O)[C@H](CC(C)C)NC(=O)[C@H](CC(C)C)NC(=O)[C@H](CC(C)C)NC(=O)[C@H](CC(C)C)NC(=O)[C@@H](CC(C)C)NC(=O)OC(C)(C)C. The largest absolute Gasteiger partial charge is 0.467 e. The van der Waals surface area contributed by atoms with Gasteiger partial charge >= 0.3 is 12.1 Å². The van der Waals surface area contributed by atoms with Gasteiger partial charge in [0, 0.05) is 0 Å². The number of methoxy groups -OCH3 is 1. The molecular weight excluding hydrogens is 630 g/mol. The van der Waals surface area contributed by atoms with Crippen LogP contribution in [0.2, 0.25) is 0 Å². The molecule has 5 N–H and O–H groups in total. The molecule has 0 aromatic rings. The molecule has 0 bridgehead atoms. The Balaban J connectivity index is 6.16. The van der Waals surface area contributed by atoms with Crippen molar-refractivity contribution in [2.24, 2.45) is 29.6 Å². The molecule has 0 aromatic carbocycles. The van der Waals surface area contributed by atoms with Crippen molar-refractivity contribution in [3.8, 4) is 0 Å². The Morgan fingerprint density at radius 1 is 0.449 bits per heavy atom. The molecule has 0 fully saturated rings. The topological polar surface area (TPSA) is 181 Å². The van der Waals surface area contributed by atoms with Crippen molar-refractivity contribution < 1.29 is 38.2 Å². The van der Waals surface area contributed by atoms with Crippen LogP contribution in [0.4, 0.5) is 4.79 Å². The van der Waals surface area contributed by atoms with Crippen LogP contribution in [-0.2, 0) is 33.4 Å². The van der Waals surface area contributed by atoms with Gasteiger partial charge in [0.1, 0.15) is 35.8 Å². The lowest BCUT2D eigenvalue weighted by molar-refractivity contribution is -0.146. The number of rotatable bonds is 20. The van der Waals surface area contributed by atoms with Crippen molar-refractivity contribution >= 4 is 35.7 Å². The monoisotopic (exact) mass is 697 g/mol. The molecule has 0 aliphatic rings. The van der Waals surface area contributed by atoms with Crippen LogP contribution >= 0.6 is 0 Å². The van der Waals surface area contributed by atoms with Crippen LogP contribution in [-0.4, -0.2) is 78.6 Å². The molecule has 13 heteroatoms. The van der Waals surface area contributed by atoms with E-state index in [1.807, 2.05) is 69.2 Å². The fourth-order valence-electron chi connectivity index (χ4n) is 5.18. The summed E-state index contributed by atoms with van der Waals surface area (Å²) in [6, 6.07) is -4.82. The zero-order valence-corrected chi connectivity index (χ0v) is 32.6. The van der Waals surface area contributed by atoms with Gasteiger partial charge in [-0.25, -0.2) is 9.59 Å². The number of alkyl carbamates (subject to hydrolysis) is 1. The highest BCUT2D eigenvalue weighted by Gasteiger charge is 2.34. The van der Waals surface area contributed by atoms with Crippen LogP contribution in [0.5, 0.6) is 0 Å². The third-order valence-electron chi connectivity index (χ3n) is 7.24. The molecule has 0 heterocycles. The zero-order chi connectivity index (χ0) is 38.2. The van der Waals surface area contributed by atoms with E-state index in [0.29, 0.717) is 19.3 Å². The molecule has 13 nitrogen and oxygen atoms in total.